The number of rotatable bonds is 4. The standard InChI is InChI=1S/C10H16O4/c1-14-9(13)7-10(6-8(11)12)4-2-3-5-10/h2-7H2,1H3,(H,11,12). The predicted octanol–water partition coefficient (Wildman–Crippen LogP) is 1.58. The molecule has 0 unspecified atom stereocenters. The summed E-state index contributed by atoms with van der Waals surface area (Å²) in [5.41, 5.74) is -0.334. The molecule has 14 heavy (non-hydrogen) atoms. The minimum atomic E-state index is -0.823. The Morgan fingerprint density at radius 1 is 1.29 bits per heavy atom. The number of hydrogen-bond donors (Lipinski definition) is 1. The highest BCUT2D eigenvalue weighted by Crippen LogP contribution is 2.44. The van der Waals surface area contributed by atoms with Gasteiger partial charge in [-0.3, -0.25) is 9.59 Å². The second kappa shape index (κ2) is 4.44. The van der Waals surface area contributed by atoms with E-state index in [4.69, 9.17) is 5.11 Å². The molecule has 0 spiro atoms. The lowest BCUT2D eigenvalue weighted by molar-refractivity contribution is -0.145. The molecule has 1 aliphatic rings. The molecule has 1 saturated carbocycles. The quantitative estimate of drug-likeness (QED) is 0.700. The molecule has 0 radical (unpaired) electrons. The third-order valence-corrected chi connectivity index (χ3v) is 2.94. The highest BCUT2D eigenvalue weighted by atomic mass is 16.5. The van der Waals surface area contributed by atoms with Gasteiger partial charge < -0.3 is 9.84 Å². The second-order valence-electron chi connectivity index (χ2n) is 4.03. The molecule has 1 fully saturated rings. The molecule has 0 heterocycles. The number of hydrogen-bond acceptors (Lipinski definition) is 3. The van der Waals surface area contributed by atoms with Crippen LogP contribution in [-0.4, -0.2) is 24.2 Å². The molecule has 0 bridgehead atoms. The maximum Gasteiger partial charge on any atom is 0.306 e. The van der Waals surface area contributed by atoms with Crippen LogP contribution >= 0.6 is 0 Å². The van der Waals surface area contributed by atoms with E-state index in [1.807, 2.05) is 0 Å². The number of carboxylic acids is 1. The van der Waals surface area contributed by atoms with E-state index in [-0.39, 0.29) is 24.2 Å². The predicted molar refractivity (Wildman–Crippen MR) is 49.8 cm³/mol. The maximum absolute atomic E-state index is 11.1. The van der Waals surface area contributed by atoms with Gasteiger partial charge in [0.1, 0.15) is 0 Å². The average Bonchev–Trinajstić information content (AvgIpc) is 2.51. The summed E-state index contributed by atoms with van der Waals surface area (Å²) in [4.78, 5) is 21.8. The van der Waals surface area contributed by atoms with Crippen LogP contribution in [0.25, 0.3) is 0 Å². The molecule has 0 aromatic carbocycles. The first-order valence-corrected chi connectivity index (χ1v) is 4.87. The molecular weight excluding hydrogens is 184 g/mol. The van der Waals surface area contributed by atoms with Gasteiger partial charge in [-0.2, -0.15) is 0 Å². The fourth-order valence-electron chi connectivity index (χ4n) is 2.24. The van der Waals surface area contributed by atoms with E-state index in [1.165, 1.54) is 7.11 Å². The lowest BCUT2D eigenvalue weighted by Gasteiger charge is -2.25. The van der Waals surface area contributed by atoms with E-state index >= 15 is 0 Å². The minimum Gasteiger partial charge on any atom is -0.481 e. The van der Waals surface area contributed by atoms with Crippen molar-refractivity contribution in [1.82, 2.24) is 0 Å². The summed E-state index contributed by atoms with van der Waals surface area (Å²) in [5, 5.41) is 8.77. The molecule has 1 N–H and O–H groups in total. The molecule has 0 amide bonds. The topological polar surface area (TPSA) is 63.6 Å². The summed E-state index contributed by atoms with van der Waals surface area (Å²) in [6.07, 6.45) is 4.02. The van der Waals surface area contributed by atoms with Crippen molar-refractivity contribution in [3.63, 3.8) is 0 Å². The number of methoxy groups -OCH3 is 1. The van der Waals surface area contributed by atoms with Crippen LogP contribution in [0.2, 0.25) is 0 Å². The van der Waals surface area contributed by atoms with Crippen LogP contribution in [0.15, 0.2) is 0 Å². The van der Waals surface area contributed by atoms with Gasteiger partial charge in [-0.15, -0.1) is 0 Å². The summed E-state index contributed by atoms with van der Waals surface area (Å²) in [6.45, 7) is 0. The van der Waals surface area contributed by atoms with E-state index < -0.39 is 5.97 Å². The van der Waals surface area contributed by atoms with Crippen molar-refractivity contribution in [1.29, 1.82) is 0 Å². The smallest absolute Gasteiger partial charge is 0.306 e. The van der Waals surface area contributed by atoms with Gasteiger partial charge in [0.15, 0.2) is 0 Å². The highest BCUT2D eigenvalue weighted by molar-refractivity contribution is 5.73. The van der Waals surface area contributed by atoms with Crippen LogP contribution in [0.1, 0.15) is 38.5 Å². The van der Waals surface area contributed by atoms with Crippen molar-refractivity contribution in [2.75, 3.05) is 7.11 Å². The van der Waals surface area contributed by atoms with E-state index in [2.05, 4.69) is 4.74 Å². The van der Waals surface area contributed by atoms with Crippen LogP contribution in [0.5, 0.6) is 0 Å². The lowest BCUT2D eigenvalue weighted by Crippen LogP contribution is -2.25. The van der Waals surface area contributed by atoms with Gasteiger partial charge in [0, 0.05) is 0 Å². The fourth-order valence-corrected chi connectivity index (χ4v) is 2.24. The summed E-state index contributed by atoms with van der Waals surface area (Å²) in [5.74, 6) is -1.12. The van der Waals surface area contributed by atoms with Gasteiger partial charge in [-0.25, -0.2) is 0 Å². The Kier molecular flexibility index (Phi) is 3.49. The summed E-state index contributed by atoms with van der Waals surface area (Å²) >= 11 is 0. The molecule has 0 atom stereocenters. The highest BCUT2D eigenvalue weighted by Gasteiger charge is 2.38. The Morgan fingerprint density at radius 2 is 1.86 bits per heavy atom. The van der Waals surface area contributed by atoms with E-state index in [9.17, 15) is 9.59 Å². The molecule has 4 nitrogen and oxygen atoms in total. The Bertz CT molecular complexity index is 228. The van der Waals surface area contributed by atoms with Crippen LogP contribution in [0.4, 0.5) is 0 Å². The third kappa shape index (κ3) is 2.72. The van der Waals surface area contributed by atoms with E-state index in [0.29, 0.717) is 0 Å². The van der Waals surface area contributed by atoms with Crippen molar-refractivity contribution in [3.8, 4) is 0 Å². The van der Waals surface area contributed by atoms with Crippen LogP contribution in [-0.2, 0) is 14.3 Å². The van der Waals surface area contributed by atoms with Crippen LogP contribution < -0.4 is 0 Å². The molecule has 0 saturated heterocycles. The number of carboxylic acid groups (broad SMARTS) is 1. The van der Waals surface area contributed by atoms with Gasteiger partial charge in [-0.05, 0) is 18.3 Å². The molecule has 80 valence electrons. The fraction of sp³-hybridized carbons (Fsp3) is 0.800. The summed E-state index contributed by atoms with van der Waals surface area (Å²) in [7, 11) is 1.34. The molecule has 1 aliphatic carbocycles. The van der Waals surface area contributed by atoms with E-state index in [1.54, 1.807) is 0 Å². The lowest BCUT2D eigenvalue weighted by atomic mass is 9.79. The Balaban J connectivity index is 2.61. The molecular formula is C10H16O4. The normalized spacial score (nSPS) is 19.2. The monoisotopic (exact) mass is 200 g/mol. The number of esters is 1. The van der Waals surface area contributed by atoms with Crippen molar-refractivity contribution in [2.24, 2.45) is 5.41 Å². The van der Waals surface area contributed by atoms with E-state index in [0.717, 1.165) is 25.7 Å². The Labute approximate surface area is 83.2 Å². The van der Waals surface area contributed by atoms with Gasteiger partial charge in [0.05, 0.1) is 20.0 Å². The third-order valence-electron chi connectivity index (χ3n) is 2.94. The van der Waals surface area contributed by atoms with Crippen LogP contribution in [0, 0.1) is 5.41 Å². The van der Waals surface area contributed by atoms with Crippen molar-refractivity contribution in [3.05, 3.63) is 0 Å². The number of carbonyl (C=O) groups excluding carboxylic acids is 1. The first kappa shape index (κ1) is 11.0. The molecule has 4 heteroatoms. The zero-order valence-electron chi connectivity index (χ0n) is 8.41. The van der Waals surface area contributed by atoms with Gasteiger partial charge >= 0.3 is 11.9 Å². The maximum atomic E-state index is 11.1. The van der Waals surface area contributed by atoms with Gasteiger partial charge in [-0.1, -0.05) is 12.8 Å². The first-order chi connectivity index (χ1) is 6.58. The van der Waals surface area contributed by atoms with Crippen molar-refractivity contribution < 1.29 is 19.4 Å². The molecule has 1 rings (SSSR count). The number of ether oxygens (including phenoxy) is 1. The first-order valence-electron chi connectivity index (χ1n) is 4.87. The van der Waals surface area contributed by atoms with Crippen molar-refractivity contribution >= 4 is 11.9 Å². The second-order valence-corrected chi connectivity index (χ2v) is 4.03. The number of aliphatic carboxylic acids is 1. The Morgan fingerprint density at radius 3 is 2.29 bits per heavy atom. The van der Waals surface area contributed by atoms with Crippen LogP contribution in [0.3, 0.4) is 0 Å². The number of carbonyl (C=O) groups is 2. The minimum absolute atomic E-state index is 0.0854. The average molecular weight is 200 g/mol. The zero-order chi connectivity index (χ0) is 10.6. The van der Waals surface area contributed by atoms with Crippen molar-refractivity contribution in [2.45, 2.75) is 38.5 Å². The summed E-state index contributed by atoms with van der Waals surface area (Å²) < 4.78 is 4.59. The molecule has 0 aromatic heterocycles. The summed E-state index contributed by atoms with van der Waals surface area (Å²) in [6, 6.07) is 0. The zero-order valence-corrected chi connectivity index (χ0v) is 8.41. The van der Waals surface area contributed by atoms with Gasteiger partial charge in [0.25, 0.3) is 0 Å². The Hall–Kier alpha value is -1.06. The largest absolute Gasteiger partial charge is 0.481 e. The van der Waals surface area contributed by atoms with Gasteiger partial charge in [0.2, 0.25) is 0 Å². The SMILES string of the molecule is COC(=O)CC1(CC(=O)O)CCCC1. The molecule has 0 aromatic rings. The molecule has 0 aliphatic heterocycles.